The Morgan fingerprint density at radius 2 is 1.49 bits per heavy atom. The molecule has 1 aliphatic heterocycles. The summed E-state index contributed by atoms with van der Waals surface area (Å²) in [5.41, 5.74) is 2.12. The Labute approximate surface area is 205 Å². The average Bonchev–Trinajstić information content (AvgIpc) is 3.07. The van der Waals surface area contributed by atoms with Gasteiger partial charge < -0.3 is 14.8 Å². The number of hydrogen-bond donors (Lipinski definition) is 1. The molecule has 0 unspecified atom stereocenters. The third-order valence-electron chi connectivity index (χ3n) is 5.16. The Bertz CT molecular complexity index is 1360. The third kappa shape index (κ3) is 4.92. The predicted molar refractivity (Wildman–Crippen MR) is 129 cm³/mol. The molecule has 0 bridgehead atoms. The standard InChI is InChI=1S/C26H19ClN2O6/c1-15-4-3-5-20(14-15)35-26(33)17-6-10-18(11-7-17)28-22-21(27)23(30)29(24(22)31)19-12-8-16(9-13-19)25(32)34-2/h3-14,28H,1-2H3. The molecule has 0 aliphatic carbocycles. The number of imide groups is 1. The predicted octanol–water partition coefficient (Wildman–Crippen LogP) is 4.44. The molecule has 9 heteroatoms. The third-order valence-corrected chi connectivity index (χ3v) is 5.51. The number of benzene rings is 3. The van der Waals surface area contributed by atoms with Gasteiger partial charge in [0.15, 0.2) is 0 Å². The van der Waals surface area contributed by atoms with Crippen LogP contribution in [0.2, 0.25) is 0 Å². The van der Waals surface area contributed by atoms with Gasteiger partial charge >= 0.3 is 11.9 Å². The molecule has 1 heterocycles. The fraction of sp³-hybridized carbons (Fsp3) is 0.0769. The highest BCUT2D eigenvalue weighted by atomic mass is 35.5. The van der Waals surface area contributed by atoms with E-state index in [0.29, 0.717) is 17.0 Å². The lowest BCUT2D eigenvalue weighted by Gasteiger charge is -2.15. The number of ether oxygens (including phenoxy) is 2. The van der Waals surface area contributed by atoms with Gasteiger partial charge in [0.05, 0.1) is 23.9 Å². The van der Waals surface area contributed by atoms with E-state index in [9.17, 15) is 19.2 Å². The van der Waals surface area contributed by atoms with Crippen molar-refractivity contribution in [3.05, 3.63) is 100 Å². The van der Waals surface area contributed by atoms with Crippen LogP contribution in [0.5, 0.6) is 5.75 Å². The van der Waals surface area contributed by atoms with Crippen molar-refractivity contribution in [2.75, 3.05) is 17.3 Å². The average molecular weight is 491 g/mol. The van der Waals surface area contributed by atoms with Gasteiger partial charge in [0.2, 0.25) is 0 Å². The van der Waals surface area contributed by atoms with Crippen molar-refractivity contribution in [2.24, 2.45) is 0 Å². The summed E-state index contributed by atoms with van der Waals surface area (Å²) in [6.45, 7) is 1.89. The first kappa shape index (κ1) is 23.7. The molecule has 0 radical (unpaired) electrons. The summed E-state index contributed by atoms with van der Waals surface area (Å²) >= 11 is 6.16. The molecule has 35 heavy (non-hydrogen) atoms. The number of rotatable bonds is 6. The molecule has 0 aromatic heterocycles. The Morgan fingerprint density at radius 1 is 0.857 bits per heavy atom. The van der Waals surface area contributed by atoms with Gasteiger partial charge in [0.1, 0.15) is 16.5 Å². The van der Waals surface area contributed by atoms with E-state index in [-0.39, 0.29) is 22.0 Å². The van der Waals surface area contributed by atoms with Crippen LogP contribution in [0.1, 0.15) is 26.3 Å². The van der Waals surface area contributed by atoms with Crippen molar-refractivity contribution in [3.8, 4) is 5.75 Å². The summed E-state index contributed by atoms with van der Waals surface area (Å²) in [4.78, 5) is 50.5. The number of halogens is 1. The number of aryl methyl sites for hydroxylation is 1. The highest BCUT2D eigenvalue weighted by Gasteiger charge is 2.39. The van der Waals surface area contributed by atoms with E-state index >= 15 is 0 Å². The van der Waals surface area contributed by atoms with Crippen molar-refractivity contribution in [3.63, 3.8) is 0 Å². The van der Waals surface area contributed by atoms with E-state index in [4.69, 9.17) is 16.3 Å². The molecule has 0 spiro atoms. The lowest BCUT2D eigenvalue weighted by atomic mass is 10.2. The zero-order valence-electron chi connectivity index (χ0n) is 18.7. The fourth-order valence-electron chi connectivity index (χ4n) is 3.39. The van der Waals surface area contributed by atoms with E-state index in [0.717, 1.165) is 10.5 Å². The van der Waals surface area contributed by atoms with Crippen LogP contribution in [0, 0.1) is 6.92 Å². The van der Waals surface area contributed by atoms with E-state index in [1.165, 1.54) is 43.5 Å². The summed E-state index contributed by atoms with van der Waals surface area (Å²) < 4.78 is 10.0. The first-order valence-electron chi connectivity index (χ1n) is 10.4. The summed E-state index contributed by atoms with van der Waals surface area (Å²) in [5.74, 6) is -2.01. The van der Waals surface area contributed by atoms with Gasteiger partial charge in [-0.2, -0.15) is 0 Å². The second-order valence-corrected chi connectivity index (χ2v) is 7.96. The zero-order valence-corrected chi connectivity index (χ0v) is 19.5. The summed E-state index contributed by atoms with van der Waals surface area (Å²) in [5, 5.41) is 2.56. The Morgan fingerprint density at radius 3 is 2.11 bits per heavy atom. The Kier molecular flexibility index (Phi) is 6.66. The SMILES string of the molecule is COC(=O)c1ccc(N2C(=O)C(Cl)=C(Nc3ccc(C(=O)Oc4cccc(C)c4)cc3)C2=O)cc1. The number of hydrogen-bond acceptors (Lipinski definition) is 7. The van der Waals surface area contributed by atoms with Crippen molar-refractivity contribution in [2.45, 2.75) is 6.92 Å². The van der Waals surface area contributed by atoms with Gasteiger partial charge in [-0.15, -0.1) is 0 Å². The van der Waals surface area contributed by atoms with Gasteiger partial charge in [-0.1, -0.05) is 23.7 Å². The maximum atomic E-state index is 12.9. The minimum Gasteiger partial charge on any atom is -0.465 e. The first-order chi connectivity index (χ1) is 16.8. The Hall–Kier alpha value is -4.43. The van der Waals surface area contributed by atoms with Gasteiger partial charge in [0, 0.05) is 5.69 Å². The summed E-state index contributed by atoms with van der Waals surface area (Å²) in [7, 11) is 1.25. The molecule has 3 aromatic carbocycles. The first-order valence-corrected chi connectivity index (χ1v) is 10.8. The van der Waals surface area contributed by atoms with Crippen molar-refractivity contribution < 1.29 is 28.7 Å². The van der Waals surface area contributed by atoms with Gasteiger partial charge in [-0.25, -0.2) is 14.5 Å². The molecule has 1 aliphatic rings. The van der Waals surface area contributed by atoms with E-state index in [2.05, 4.69) is 10.1 Å². The van der Waals surface area contributed by atoms with Crippen molar-refractivity contribution in [1.82, 2.24) is 0 Å². The number of nitrogens with one attached hydrogen (secondary N) is 1. The quantitative estimate of drug-likeness (QED) is 0.309. The maximum Gasteiger partial charge on any atom is 0.343 e. The number of methoxy groups -OCH3 is 1. The second-order valence-electron chi connectivity index (χ2n) is 7.58. The number of esters is 2. The van der Waals surface area contributed by atoms with Gasteiger partial charge in [-0.3, -0.25) is 9.59 Å². The van der Waals surface area contributed by atoms with Crippen LogP contribution in [0.15, 0.2) is 83.5 Å². The van der Waals surface area contributed by atoms with Gasteiger partial charge in [-0.05, 0) is 73.2 Å². The van der Waals surface area contributed by atoms with Crippen LogP contribution in [-0.2, 0) is 14.3 Å². The lowest BCUT2D eigenvalue weighted by molar-refractivity contribution is -0.120. The smallest absolute Gasteiger partial charge is 0.343 e. The van der Waals surface area contributed by atoms with Crippen molar-refractivity contribution >= 4 is 46.7 Å². The number of nitrogens with zero attached hydrogens (tertiary/aromatic N) is 1. The highest BCUT2D eigenvalue weighted by molar-refractivity contribution is 6.53. The number of amides is 2. The van der Waals surface area contributed by atoms with Crippen LogP contribution in [0.25, 0.3) is 0 Å². The number of anilines is 2. The largest absolute Gasteiger partial charge is 0.465 e. The maximum absolute atomic E-state index is 12.9. The molecule has 2 amide bonds. The van der Waals surface area contributed by atoms with Crippen LogP contribution >= 0.6 is 11.6 Å². The van der Waals surface area contributed by atoms with Crippen LogP contribution in [-0.4, -0.2) is 30.9 Å². The number of carbonyl (C=O) groups excluding carboxylic acids is 4. The van der Waals surface area contributed by atoms with E-state index < -0.39 is 23.8 Å². The molecule has 8 nitrogen and oxygen atoms in total. The minimum absolute atomic E-state index is 0.108. The molecule has 176 valence electrons. The molecule has 0 fully saturated rings. The minimum atomic E-state index is -0.705. The second kappa shape index (κ2) is 9.82. The lowest BCUT2D eigenvalue weighted by Crippen LogP contribution is -2.32. The molecular formula is C26H19ClN2O6. The van der Waals surface area contributed by atoms with Gasteiger partial charge in [0.25, 0.3) is 11.8 Å². The fourth-order valence-corrected chi connectivity index (χ4v) is 3.60. The molecular weight excluding hydrogens is 472 g/mol. The molecule has 1 N–H and O–H groups in total. The van der Waals surface area contributed by atoms with Crippen LogP contribution in [0.4, 0.5) is 11.4 Å². The molecule has 0 atom stereocenters. The van der Waals surface area contributed by atoms with E-state index in [1.54, 1.807) is 30.3 Å². The molecule has 4 rings (SSSR count). The normalized spacial score (nSPS) is 13.2. The highest BCUT2D eigenvalue weighted by Crippen LogP contribution is 2.30. The molecule has 0 saturated carbocycles. The Balaban J connectivity index is 1.47. The zero-order chi connectivity index (χ0) is 25.1. The van der Waals surface area contributed by atoms with Crippen molar-refractivity contribution in [1.29, 1.82) is 0 Å². The summed E-state index contributed by atoms with van der Waals surface area (Å²) in [6.07, 6.45) is 0. The molecule has 3 aromatic rings. The van der Waals surface area contributed by atoms with Crippen LogP contribution < -0.4 is 15.0 Å². The topological polar surface area (TPSA) is 102 Å². The van der Waals surface area contributed by atoms with E-state index in [1.807, 2.05) is 13.0 Å². The molecule has 0 saturated heterocycles. The van der Waals surface area contributed by atoms with Crippen LogP contribution in [0.3, 0.4) is 0 Å². The number of carbonyl (C=O) groups is 4. The summed E-state index contributed by atoms with van der Waals surface area (Å²) in [6, 6.07) is 19.1. The monoisotopic (exact) mass is 490 g/mol.